The summed E-state index contributed by atoms with van der Waals surface area (Å²) in [6.45, 7) is 4.35. The summed E-state index contributed by atoms with van der Waals surface area (Å²) in [5.74, 6) is -0.176. The van der Waals surface area contributed by atoms with Gasteiger partial charge in [0, 0.05) is 22.3 Å². The van der Waals surface area contributed by atoms with Crippen LogP contribution in [0.2, 0.25) is 0 Å². The average Bonchev–Trinajstić information content (AvgIpc) is 2.67. The minimum absolute atomic E-state index is 0. The SMILES string of the molecule is CC(=O)c1ccc(S(=O)C2CCN(CCc3ccc(F)cc3)CC2)cc1.Cl. The van der Waals surface area contributed by atoms with Crippen molar-refractivity contribution < 1.29 is 13.4 Å². The van der Waals surface area contributed by atoms with Gasteiger partial charge in [-0.25, -0.2) is 4.39 Å². The average molecular weight is 410 g/mol. The third-order valence-electron chi connectivity index (χ3n) is 4.96. The molecular formula is C21H25ClFNO2S. The van der Waals surface area contributed by atoms with Gasteiger partial charge in [-0.2, -0.15) is 0 Å². The van der Waals surface area contributed by atoms with E-state index in [1.165, 1.54) is 19.1 Å². The molecule has 0 saturated carbocycles. The topological polar surface area (TPSA) is 37.4 Å². The highest BCUT2D eigenvalue weighted by atomic mass is 35.5. The van der Waals surface area contributed by atoms with Crippen molar-refractivity contribution >= 4 is 29.0 Å². The summed E-state index contributed by atoms with van der Waals surface area (Å²) in [6, 6.07) is 13.8. The second-order valence-electron chi connectivity index (χ2n) is 6.80. The van der Waals surface area contributed by atoms with Gasteiger partial charge in [-0.15, -0.1) is 12.4 Å². The van der Waals surface area contributed by atoms with Crippen molar-refractivity contribution in [3.8, 4) is 0 Å². The summed E-state index contributed by atoms with van der Waals surface area (Å²) in [4.78, 5) is 14.5. The van der Waals surface area contributed by atoms with Crippen LogP contribution < -0.4 is 0 Å². The molecule has 1 atom stereocenters. The number of carbonyl (C=O) groups is 1. The maximum Gasteiger partial charge on any atom is 0.159 e. The maximum absolute atomic E-state index is 12.9. The maximum atomic E-state index is 12.9. The standard InChI is InChI=1S/C21H24FNO2S.ClH/c1-16(24)18-4-8-20(9-5-18)26(25)21-11-14-23(15-12-21)13-10-17-2-6-19(22)7-3-17;/h2-9,21H,10-15H2,1H3;1H. The van der Waals surface area contributed by atoms with Gasteiger partial charge in [-0.3, -0.25) is 9.00 Å². The highest BCUT2D eigenvalue weighted by Crippen LogP contribution is 2.22. The molecule has 0 amide bonds. The third-order valence-corrected chi connectivity index (χ3v) is 6.77. The molecule has 1 heterocycles. The Morgan fingerprint density at radius 2 is 1.67 bits per heavy atom. The first-order valence-electron chi connectivity index (χ1n) is 9.01. The van der Waals surface area contributed by atoms with Crippen molar-refractivity contribution in [3.05, 3.63) is 65.5 Å². The van der Waals surface area contributed by atoms with E-state index >= 15 is 0 Å². The number of carbonyl (C=O) groups excluding carboxylic acids is 1. The fourth-order valence-corrected chi connectivity index (χ4v) is 4.73. The van der Waals surface area contributed by atoms with E-state index in [1.807, 2.05) is 24.3 Å². The molecule has 6 heteroatoms. The van der Waals surface area contributed by atoms with Crippen molar-refractivity contribution in [3.63, 3.8) is 0 Å². The van der Waals surface area contributed by atoms with Crippen LogP contribution in [0.3, 0.4) is 0 Å². The zero-order valence-electron chi connectivity index (χ0n) is 15.4. The summed E-state index contributed by atoms with van der Waals surface area (Å²) in [5.41, 5.74) is 1.80. The third kappa shape index (κ3) is 5.96. The molecule has 1 unspecified atom stereocenters. The zero-order chi connectivity index (χ0) is 18.5. The molecule has 0 spiro atoms. The number of hydrogen-bond donors (Lipinski definition) is 0. The molecule has 1 saturated heterocycles. The van der Waals surface area contributed by atoms with E-state index in [0.717, 1.165) is 49.4 Å². The van der Waals surface area contributed by atoms with Crippen molar-refractivity contribution in [2.24, 2.45) is 0 Å². The van der Waals surface area contributed by atoms with Crippen LogP contribution in [-0.4, -0.2) is 39.8 Å². The van der Waals surface area contributed by atoms with E-state index in [-0.39, 0.29) is 29.3 Å². The number of rotatable bonds is 6. The predicted molar refractivity (Wildman–Crippen MR) is 110 cm³/mol. The Labute approximate surface area is 168 Å². The number of ketones is 1. The van der Waals surface area contributed by atoms with E-state index in [2.05, 4.69) is 4.90 Å². The molecular weight excluding hydrogens is 385 g/mol. The van der Waals surface area contributed by atoms with Crippen LogP contribution in [0.25, 0.3) is 0 Å². The molecule has 146 valence electrons. The lowest BCUT2D eigenvalue weighted by molar-refractivity contribution is 0.101. The molecule has 0 bridgehead atoms. The van der Waals surface area contributed by atoms with Crippen molar-refractivity contribution in [1.29, 1.82) is 0 Å². The van der Waals surface area contributed by atoms with Gasteiger partial charge in [0.05, 0.1) is 10.8 Å². The van der Waals surface area contributed by atoms with Gasteiger partial charge in [0.1, 0.15) is 5.82 Å². The summed E-state index contributed by atoms with van der Waals surface area (Å²) in [5, 5.41) is 0.167. The smallest absolute Gasteiger partial charge is 0.159 e. The summed E-state index contributed by atoms with van der Waals surface area (Å²) in [7, 11) is -1.03. The quantitative estimate of drug-likeness (QED) is 0.669. The Morgan fingerprint density at radius 3 is 2.22 bits per heavy atom. The highest BCUT2D eigenvalue weighted by molar-refractivity contribution is 7.85. The van der Waals surface area contributed by atoms with Crippen LogP contribution in [0, 0.1) is 5.82 Å². The van der Waals surface area contributed by atoms with E-state index in [4.69, 9.17) is 0 Å². The van der Waals surface area contributed by atoms with Crippen LogP contribution in [0.4, 0.5) is 4.39 Å². The second-order valence-corrected chi connectivity index (χ2v) is 8.53. The van der Waals surface area contributed by atoms with E-state index in [9.17, 15) is 13.4 Å². The normalized spacial score (nSPS) is 16.5. The molecule has 3 rings (SSSR count). The number of Topliss-reactive ketones (excluding diaryl/α,β-unsaturated/α-hetero) is 1. The molecule has 1 fully saturated rings. The fourth-order valence-electron chi connectivity index (χ4n) is 3.30. The van der Waals surface area contributed by atoms with Crippen molar-refractivity contribution in [2.75, 3.05) is 19.6 Å². The van der Waals surface area contributed by atoms with Gasteiger partial charge in [0.15, 0.2) is 5.78 Å². The summed E-state index contributed by atoms with van der Waals surface area (Å²) >= 11 is 0. The first kappa shape index (κ1) is 21.7. The Kier molecular flexibility index (Phi) is 8.14. The van der Waals surface area contributed by atoms with Gasteiger partial charge in [0.2, 0.25) is 0 Å². The molecule has 2 aromatic carbocycles. The van der Waals surface area contributed by atoms with Gasteiger partial charge in [0.25, 0.3) is 0 Å². The van der Waals surface area contributed by atoms with Crippen LogP contribution in [0.5, 0.6) is 0 Å². The molecule has 0 aromatic heterocycles. The number of benzene rings is 2. The molecule has 0 radical (unpaired) electrons. The Balaban J connectivity index is 0.00000261. The summed E-state index contributed by atoms with van der Waals surface area (Å²) < 4.78 is 25.7. The van der Waals surface area contributed by atoms with E-state index in [1.54, 1.807) is 12.1 Å². The fraction of sp³-hybridized carbons (Fsp3) is 0.381. The lowest BCUT2D eigenvalue weighted by Gasteiger charge is -2.31. The molecule has 1 aliphatic heterocycles. The minimum Gasteiger partial charge on any atom is -0.303 e. The largest absolute Gasteiger partial charge is 0.303 e. The van der Waals surface area contributed by atoms with Crippen LogP contribution in [0.15, 0.2) is 53.4 Å². The number of likely N-dealkylation sites (tertiary alicyclic amines) is 1. The number of piperidine rings is 1. The lowest BCUT2D eigenvalue weighted by atomic mass is 10.1. The number of halogens is 2. The zero-order valence-corrected chi connectivity index (χ0v) is 17.0. The Morgan fingerprint density at radius 1 is 1.07 bits per heavy atom. The van der Waals surface area contributed by atoms with Crippen molar-refractivity contribution in [1.82, 2.24) is 4.90 Å². The van der Waals surface area contributed by atoms with Crippen LogP contribution in [0.1, 0.15) is 35.7 Å². The van der Waals surface area contributed by atoms with E-state index in [0.29, 0.717) is 5.56 Å². The molecule has 0 N–H and O–H groups in total. The predicted octanol–water partition coefficient (Wildman–Crippen LogP) is 4.26. The lowest BCUT2D eigenvalue weighted by Crippen LogP contribution is -2.38. The van der Waals surface area contributed by atoms with Crippen LogP contribution in [-0.2, 0) is 17.2 Å². The first-order valence-corrected chi connectivity index (χ1v) is 10.2. The highest BCUT2D eigenvalue weighted by Gasteiger charge is 2.24. The van der Waals surface area contributed by atoms with E-state index < -0.39 is 10.8 Å². The van der Waals surface area contributed by atoms with Gasteiger partial charge in [-0.05, 0) is 69.1 Å². The first-order chi connectivity index (χ1) is 12.5. The van der Waals surface area contributed by atoms with Crippen LogP contribution >= 0.6 is 12.4 Å². The number of hydrogen-bond acceptors (Lipinski definition) is 3. The number of nitrogens with zero attached hydrogens (tertiary/aromatic N) is 1. The molecule has 0 aliphatic carbocycles. The molecule has 27 heavy (non-hydrogen) atoms. The Hall–Kier alpha value is -1.56. The van der Waals surface area contributed by atoms with Crippen molar-refractivity contribution in [2.45, 2.75) is 36.3 Å². The molecule has 2 aromatic rings. The van der Waals surface area contributed by atoms with Gasteiger partial charge in [-0.1, -0.05) is 24.3 Å². The molecule has 3 nitrogen and oxygen atoms in total. The molecule has 1 aliphatic rings. The van der Waals surface area contributed by atoms with Gasteiger partial charge < -0.3 is 4.90 Å². The summed E-state index contributed by atoms with van der Waals surface area (Å²) in [6.07, 6.45) is 2.72. The second kappa shape index (κ2) is 10.1. The monoisotopic (exact) mass is 409 g/mol. The Bertz CT molecular complexity index is 772. The minimum atomic E-state index is -1.03. The van der Waals surface area contributed by atoms with Gasteiger partial charge >= 0.3 is 0 Å².